The van der Waals surface area contributed by atoms with Crippen LogP contribution < -0.4 is 16.0 Å². The Morgan fingerprint density at radius 1 is 1.00 bits per heavy atom. The van der Waals surface area contributed by atoms with Gasteiger partial charge >= 0.3 is 0 Å². The van der Waals surface area contributed by atoms with Gasteiger partial charge in [-0.3, -0.25) is 28.5 Å². The lowest BCUT2D eigenvalue weighted by Crippen LogP contribution is -2.58. The number of hydrogen-bond donors (Lipinski definition) is 3. The second kappa shape index (κ2) is 14.4. The standard InChI is InChI=1S/C34H36F2N8O4/c1-4-44-12-11-29(41-44)26-14-24(13-25(15-26)27-17-39-42(3)19-27)22(2)40-33(48)28-8-6-5-7-23(28)16-37-31(46)18-38-30(45)9-10-32(47)43-20-34(35,36)21-43/h5-15,17,19,22H,4,16,18,20-21H2,1-3H3,(H,37,46)(H,38,45)(H,40,48)/b10-9+/t22-/m1/s1. The van der Waals surface area contributed by atoms with E-state index >= 15 is 0 Å². The van der Waals surface area contributed by atoms with E-state index in [1.807, 2.05) is 62.2 Å². The van der Waals surface area contributed by atoms with Gasteiger partial charge in [-0.15, -0.1) is 0 Å². The molecule has 5 rings (SSSR count). The Kier molecular flexibility index (Phi) is 10.1. The molecular formula is C34H36F2N8O4. The number of aromatic nitrogens is 4. The summed E-state index contributed by atoms with van der Waals surface area (Å²) in [6, 6.07) is 14.5. The maximum Gasteiger partial charge on any atom is 0.282 e. The third kappa shape index (κ3) is 8.37. The Hall–Kier alpha value is -5.66. The Balaban J connectivity index is 1.20. The van der Waals surface area contributed by atoms with Crippen LogP contribution in [0.5, 0.6) is 0 Å². The lowest BCUT2D eigenvalue weighted by molar-refractivity contribution is -0.160. The number of nitrogens with one attached hydrogen (secondary N) is 3. The fraction of sp³-hybridized carbons (Fsp3) is 0.294. The molecule has 1 atom stereocenters. The van der Waals surface area contributed by atoms with Crippen LogP contribution in [0.4, 0.5) is 8.78 Å². The molecule has 1 fully saturated rings. The van der Waals surface area contributed by atoms with Crippen molar-refractivity contribution in [2.75, 3.05) is 19.6 Å². The summed E-state index contributed by atoms with van der Waals surface area (Å²) >= 11 is 0. The summed E-state index contributed by atoms with van der Waals surface area (Å²) < 4.78 is 29.4. The van der Waals surface area contributed by atoms with Gasteiger partial charge in [0.1, 0.15) is 0 Å². The smallest absolute Gasteiger partial charge is 0.282 e. The average molecular weight is 659 g/mol. The topological polar surface area (TPSA) is 143 Å². The summed E-state index contributed by atoms with van der Waals surface area (Å²) in [7, 11) is 1.85. The van der Waals surface area contributed by atoms with Crippen molar-refractivity contribution < 1.29 is 28.0 Å². The zero-order chi connectivity index (χ0) is 34.4. The molecule has 2 aromatic heterocycles. The largest absolute Gasteiger partial charge is 0.350 e. The van der Waals surface area contributed by atoms with Gasteiger partial charge in [-0.1, -0.05) is 18.2 Å². The van der Waals surface area contributed by atoms with Gasteiger partial charge in [0.25, 0.3) is 11.8 Å². The SMILES string of the molecule is CCn1ccc(-c2cc(-c3cnn(C)c3)cc([C@@H](C)NC(=O)c3ccccc3CNC(=O)CNC(=O)/C=C/C(=O)N3CC(F)(F)C3)c2)n1. The molecule has 4 aromatic rings. The van der Waals surface area contributed by atoms with Gasteiger partial charge in [-0.25, -0.2) is 8.78 Å². The van der Waals surface area contributed by atoms with Gasteiger partial charge in [0.15, 0.2) is 0 Å². The summed E-state index contributed by atoms with van der Waals surface area (Å²) in [4.78, 5) is 50.7. The Bertz CT molecular complexity index is 1860. The Morgan fingerprint density at radius 3 is 2.44 bits per heavy atom. The highest BCUT2D eigenvalue weighted by atomic mass is 19.3. The van der Waals surface area contributed by atoms with Crippen molar-refractivity contribution in [3.8, 4) is 22.4 Å². The van der Waals surface area contributed by atoms with Gasteiger partial charge in [0, 0.05) is 61.4 Å². The maximum absolute atomic E-state index is 13.5. The van der Waals surface area contributed by atoms with Crippen molar-refractivity contribution in [1.82, 2.24) is 40.4 Å². The molecule has 1 saturated heterocycles. The first-order chi connectivity index (χ1) is 22.9. The monoisotopic (exact) mass is 658 g/mol. The lowest BCUT2D eigenvalue weighted by Gasteiger charge is -2.37. The molecule has 1 aliphatic heterocycles. The summed E-state index contributed by atoms with van der Waals surface area (Å²) in [5.74, 6) is -5.21. The van der Waals surface area contributed by atoms with E-state index in [0.717, 1.165) is 51.5 Å². The Labute approximate surface area is 275 Å². The minimum absolute atomic E-state index is 0.0188. The molecule has 4 amide bonds. The summed E-state index contributed by atoms with van der Waals surface area (Å²) in [6.45, 7) is 2.89. The molecule has 14 heteroatoms. The van der Waals surface area contributed by atoms with Crippen LogP contribution in [0.2, 0.25) is 0 Å². The molecule has 2 aromatic carbocycles. The number of amides is 4. The van der Waals surface area contributed by atoms with Gasteiger partial charge in [-0.05, 0) is 60.9 Å². The van der Waals surface area contributed by atoms with Gasteiger partial charge in [0.05, 0.1) is 37.6 Å². The second-order valence-electron chi connectivity index (χ2n) is 11.5. The summed E-state index contributed by atoms with van der Waals surface area (Å²) in [5, 5.41) is 17.0. The predicted octanol–water partition coefficient (Wildman–Crippen LogP) is 3.23. The zero-order valence-electron chi connectivity index (χ0n) is 26.7. The van der Waals surface area contributed by atoms with Crippen molar-refractivity contribution >= 4 is 23.6 Å². The third-order valence-corrected chi connectivity index (χ3v) is 7.80. The second-order valence-corrected chi connectivity index (χ2v) is 11.5. The number of aryl methyl sites for hydroxylation is 2. The number of hydrogen-bond acceptors (Lipinski definition) is 6. The highest BCUT2D eigenvalue weighted by molar-refractivity contribution is 5.98. The highest BCUT2D eigenvalue weighted by Crippen LogP contribution is 2.30. The molecule has 12 nitrogen and oxygen atoms in total. The van der Waals surface area contributed by atoms with E-state index in [0.29, 0.717) is 11.1 Å². The maximum atomic E-state index is 13.5. The molecule has 0 radical (unpaired) electrons. The Morgan fingerprint density at radius 2 is 1.75 bits per heavy atom. The van der Waals surface area contributed by atoms with Crippen molar-refractivity contribution in [2.45, 2.75) is 38.9 Å². The molecule has 0 spiro atoms. The van der Waals surface area contributed by atoms with Crippen molar-refractivity contribution in [1.29, 1.82) is 0 Å². The number of carbonyl (C=O) groups excluding carboxylic acids is 4. The van der Waals surface area contributed by atoms with Crippen LogP contribution in [-0.2, 0) is 34.5 Å². The molecule has 0 saturated carbocycles. The molecule has 0 bridgehead atoms. The van der Waals surface area contributed by atoms with Crippen molar-refractivity contribution in [2.24, 2.45) is 7.05 Å². The minimum Gasteiger partial charge on any atom is -0.350 e. The fourth-order valence-corrected chi connectivity index (χ4v) is 5.13. The average Bonchev–Trinajstić information content (AvgIpc) is 3.73. The molecule has 0 unspecified atom stereocenters. The van der Waals surface area contributed by atoms with E-state index in [1.165, 1.54) is 0 Å². The molecular weight excluding hydrogens is 622 g/mol. The van der Waals surface area contributed by atoms with Gasteiger partial charge in [-0.2, -0.15) is 10.2 Å². The number of alkyl halides is 2. The van der Waals surface area contributed by atoms with E-state index in [-0.39, 0.29) is 12.5 Å². The summed E-state index contributed by atoms with van der Waals surface area (Å²) in [6.07, 6.45) is 7.39. The van der Waals surface area contributed by atoms with Crippen LogP contribution in [-0.4, -0.2) is 73.6 Å². The molecule has 0 aliphatic carbocycles. The third-order valence-electron chi connectivity index (χ3n) is 7.80. The number of carbonyl (C=O) groups is 4. The van der Waals surface area contributed by atoms with Gasteiger partial charge < -0.3 is 20.9 Å². The van der Waals surface area contributed by atoms with Crippen LogP contribution in [0.3, 0.4) is 0 Å². The number of halogens is 2. The van der Waals surface area contributed by atoms with E-state index in [9.17, 15) is 28.0 Å². The minimum atomic E-state index is -2.90. The number of nitrogens with zero attached hydrogens (tertiary/aromatic N) is 5. The molecule has 250 valence electrons. The molecule has 3 N–H and O–H groups in total. The zero-order valence-corrected chi connectivity index (χ0v) is 26.7. The van der Waals surface area contributed by atoms with Crippen LogP contribution in [0, 0.1) is 0 Å². The highest BCUT2D eigenvalue weighted by Gasteiger charge is 2.45. The van der Waals surface area contributed by atoms with Crippen LogP contribution in [0.1, 0.15) is 41.4 Å². The van der Waals surface area contributed by atoms with E-state index in [2.05, 4.69) is 26.1 Å². The summed E-state index contributed by atoms with van der Waals surface area (Å²) in [5.41, 5.74) is 5.37. The molecule has 3 heterocycles. The first-order valence-electron chi connectivity index (χ1n) is 15.4. The molecule has 48 heavy (non-hydrogen) atoms. The van der Waals surface area contributed by atoms with Crippen LogP contribution in [0.15, 0.2) is 79.3 Å². The fourth-order valence-electron chi connectivity index (χ4n) is 5.13. The van der Waals surface area contributed by atoms with Crippen LogP contribution >= 0.6 is 0 Å². The first kappa shape index (κ1) is 33.7. The number of rotatable bonds is 12. The number of likely N-dealkylation sites (tertiary alicyclic amines) is 1. The first-order valence-corrected chi connectivity index (χ1v) is 15.4. The van der Waals surface area contributed by atoms with E-state index in [1.54, 1.807) is 35.1 Å². The lowest BCUT2D eigenvalue weighted by atomic mass is 9.96. The van der Waals surface area contributed by atoms with Crippen molar-refractivity contribution in [3.05, 3.63) is 96.0 Å². The predicted molar refractivity (Wildman–Crippen MR) is 173 cm³/mol. The van der Waals surface area contributed by atoms with E-state index in [4.69, 9.17) is 0 Å². The normalized spacial score (nSPS) is 14.3. The van der Waals surface area contributed by atoms with Gasteiger partial charge in [0.2, 0.25) is 17.7 Å². The quantitative estimate of drug-likeness (QED) is 0.200. The van der Waals surface area contributed by atoms with E-state index < -0.39 is 49.3 Å². The number of benzene rings is 2. The van der Waals surface area contributed by atoms with Crippen molar-refractivity contribution in [3.63, 3.8) is 0 Å². The van der Waals surface area contributed by atoms with Crippen LogP contribution in [0.25, 0.3) is 22.4 Å². The molecule has 1 aliphatic rings.